The molecule has 13 nitrogen and oxygen atoms in total. The lowest BCUT2D eigenvalue weighted by Crippen LogP contribution is -2.65. The van der Waals surface area contributed by atoms with Crippen LogP contribution in [0.3, 0.4) is 0 Å². The van der Waals surface area contributed by atoms with Gasteiger partial charge in [0.1, 0.15) is 54.9 Å². The summed E-state index contributed by atoms with van der Waals surface area (Å²) in [6.07, 6.45) is -20.0. The Morgan fingerprint density at radius 2 is 1.17 bits per heavy atom. The Morgan fingerprint density at radius 3 is 1.83 bits per heavy atom. The Bertz CT molecular complexity index is 566. The molecule has 3 heterocycles. The van der Waals surface area contributed by atoms with Gasteiger partial charge in [-0.15, -0.1) is 0 Å². The molecule has 13 heteroatoms. The molecule has 30 heavy (non-hydrogen) atoms. The van der Waals surface area contributed by atoms with Crippen LogP contribution in [-0.4, -0.2) is 133 Å². The minimum atomic E-state index is -1.69. The standard InChI is InChI=1S/C17H30O13/c1-4-7(19)10(22)12(24)17(28-4)30-14-13(8(20)5(2)27-15(14)25)29-16-11(23)9(21)6(18)3-26-16/h4-25H,3H2,1-2H3/t4-,5+,6+,7-,8-,9-,10+,11+,12+,13-,14+,15+,16-,17-/m0/s1. The Kier molecular flexibility index (Phi) is 7.67. The third-order valence-corrected chi connectivity index (χ3v) is 5.62. The monoisotopic (exact) mass is 442 g/mol. The second-order valence-corrected chi connectivity index (χ2v) is 7.86. The number of ether oxygens (including phenoxy) is 5. The van der Waals surface area contributed by atoms with Gasteiger partial charge < -0.3 is 64.5 Å². The van der Waals surface area contributed by atoms with Crippen molar-refractivity contribution in [1.29, 1.82) is 0 Å². The molecule has 0 aromatic carbocycles. The SMILES string of the molecule is C[C@@H]1O[C@@H](O[C@@H]2[C@@H](O[C@@H]3OC[C@@H](O)[C@H](O)[C@H]3O)[C@@H](O)[C@@H](C)O[C@H]2O)[C@H](O)[C@H](O)[C@H]1O. The third kappa shape index (κ3) is 4.63. The number of aliphatic hydroxyl groups is 8. The predicted octanol–water partition coefficient (Wildman–Crippen LogP) is -4.88. The van der Waals surface area contributed by atoms with E-state index < -0.39 is 86.0 Å². The van der Waals surface area contributed by atoms with Crippen LogP contribution in [-0.2, 0) is 23.7 Å². The third-order valence-electron chi connectivity index (χ3n) is 5.62. The number of aliphatic hydroxyl groups excluding tert-OH is 8. The van der Waals surface area contributed by atoms with Crippen molar-refractivity contribution in [2.24, 2.45) is 0 Å². The first kappa shape index (κ1) is 24.1. The molecule has 0 bridgehead atoms. The molecule has 3 saturated heterocycles. The van der Waals surface area contributed by atoms with Crippen molar-refractivity contribution in [2.75, 3.05) is 6.61 Å². The zero-order chi connectivity index (χ0) is 22.3. The van der Waals surface area contributed by atoms with Crippen LogP contribution in [0.15, 0.2) is 0 Å². The van der Waals surface area contributed by atoms with Crippen LogP contribution in [0, 0.1) is 0 Å². The average molecular weight is 442 g/mol. The fraction of sp³-hybridized carbons (Fsp3) is 1.00. The topological polar surface area (TPSA) is 208 Å². The van der Waals surface area contributed by atoms with Crippen LogP contribution in [0.5, 0.6) is 0 Å². The molecule has 8 N–H and O–H groups in total. The summed E-state index contributed by atoms with van der Waals surface area (Å²) in [4.78, 5) is 0. The Balaban J connectivity index is 1.76. The van der Waals surface area contributed by atoms with Gasteiger partial charge >= 0.3 is 0 Å². The molecular formula is C17H30O13. The first-order valence-corrected chi connectivity index (χ1v) is 9.71. The van der Waals surface area contributed by atoms with Gasteiger partial charge in [0.15, 0.2) is 18.9 Å². The zero-order valence-electron chi connectivity index (χ0n) is 16.4. The molecule has 3 aliphatic rings. The van der Waals surface area contributed by atoms with Crippen molar-refractivity contribution in [3.8, 4) is 0 Å². The van der Waals surface area contributed by atoms with Crippen LogP contribution < -0.4 is 0 Å². The normalized spacial score (nSPS) is 55.4. The molecular weight excluding hydrogens is 412 g/mol. The molecule has 3 fully saturated rings. The van der Waals surface area contributed by atoms with Crippen LogP contribution in [0.1, 0.15) is 13.8 Å². The van der Waals surface area contributed by atoms with Gasteiger partial charge in [-0.1, -0.05) is 0 Å². The van der Waals surface area contributed by atoms with Crippen LogP contribution >= 0.6 is 0 Å². The molecule has 14 atom stereocenters. The van der Waals surface area contributed by atoms with Gasteiger partial charge in [0.2, 0.25) is 0 Å². The highest BCUT2D eigenvalue weighted by Crippen LogP contribution is 2.31. The van der Waals surface area contributed by atoms with Crippen LogP contribution in [0.4, 0.5) is 0 Å². The van der Waals surface area contributed by atoms with Crippen molar-refractivity contribution in [1.82, 2.24) is 0 Å². The van der Waals surface area contributed by atoms with Gasteiger partial charge in [-0.3, -0.25) is 0 Å². The van der Waals surface area contributed by atoms with E-state index in [9.17, 15) is 40.9 Å². The van der Waals surface area contributed by atoms with Crippen molar-refractivity contribution in [3.05, 3.63) is 0 Å². The van der Waals surface area contributed by atoms with Gasteiger partial charge in [0.25, 0.3) is 0 Å². The van der Waals surface area contributed by atoms with E-state index in [0.29, 0.717) is 0 Å². The predicted molar refractivity (Wildman–Crippen MR) is 92.4 cm³/mol. The van der Waals surface area contributed by atoms with Gasteiger partial charge in [-0.05, 0) is 13.8 Å². The minimum absolute atomic E-state index is 0.349. The quantitative estimate of drug-likeness (QED) is 0.206. The molecule has 0 radical (unpaired) electrons. The second kappa shape index (κ2) is 9.54. The molecule has 0 saturated carbocycles. The minimum Gasteiger partial charge on any atom is -0.388 e. The number of rotatable bonds is 4. The summed E-state index contributed by atoms with van der Waals surface area (Å²) in [5.74, 6) is 0. The van der Waals surface area contributed by atoms with Gasteiger partial charge in [-0.25, -0.2) is 0 Å². The maximum absolute atomic E-state index is 10.5. The molecule has 0 aromatic heterocycles. The Morgan fingerprint density at radius 1 is 0.600 bits per heavy atom. The van der Waals surface area contributed by atoms with E-state index in [4.69, 9.17) is 23.7 Å². The van der Waals surface area contributed by atoms with E-state index in [2.05, 4.69) is 0 Å². The molecule has 0 aliphatic carbocycles. The summed E-state index contributed by atoms with van der Waals surface area (Å²) in [5.41, 5.74) is 0. The van der Waals surface area contributed by atoms with Crippen LogP contribution in [0.2, 0.25) is 0 Å². The van der Waals surface area contributed by atoms with Gasteiger partial charge in [0.05, 0.1) is 18.8 Å². The van der Waals surface area contributed by atoms with E-state index in [1.807, 2.05) is 0 Å². The van der Waals surface area contributed by atoms with E-state index in [1.54, 1.807) is 0 Å². The molecule has 3 rings (SSSR count). The van der Waals surface area contributed by atoms with Gasteiger partial charge in [0, 0.05) is 0 Å². The van der Waals surface area contributed by atoms with E-state index in [1.165, 1.54) is 13.8 Å². The van der Waals surface area contributed by atoms with E-state index >= 15 is 0 Å². The summed E-state index contributed by atoms with van der Waals surface area (Å²) in [5, 5.41) is 80.3. The fourth-order valence-electron chi connectivity index (χ4n) is 3.64. The fourth-order valence-corrected chi connectivity index (χ4v) is 3.64. The maximum atomic E-state index is 10.5. The zero-order valence-corrected chi connectivity index (χ0v) is 16.4. The molecule has 0 aromatic rings. The summed E-state index contributed by atoms with van der Waals surface area (Å²) >= 11 is 0. The lowest BCUT2D eigenvalue weighted by atomic mass is 9.97. The number of hydrogen-bond donors (Lipinski definition) is 8. The smallest absolute Gasteiger partial charge is 0.187 e. The lowest BCUT2D eigenvalue weighted by molar-refractivity contribution is -0.378. The maximum Gasteiger partial charge on any atom is 0.187 e. The summed E-state index contributed by atoms with van der Waals surface area (Å²) in [6.45, 7) is 2.54. The second-order valence-electron chi connectivity index (χ2n) is 7.86. The van der Waals surface area contributed by atoms with E-state index in [0.717, 1.165) is 0 Å². The first-order valence-electron chi connectivity index (χ1n) is 9.71. The van der Waals surface area contributed by atoms with E-state index in [-0.39, 0.29) is 6.61 Å². The number of hydrogen-bond acceptors (Lipinski definition) is 13. The van der Waals surface area contributed by atoms with Crippen molar-refractivity contribution >= 4 is 0 Å². The van der Waals surface area contributed by atoms with Crippen LogP contribution in [0.25, 0.3) is 0 Å². The highest BCUT2D eigenvalue weighted by Gasteiger charge is 2.51. The molecule has 176 valence electrons. The molecule has 3 aliphatic heterocycles. The molecule has 0 spiro atoms. The lowest BCUT2D eigenvalue weighted by Gasteiger charge is -2.47. The Labute approximate surface area is 171 Å². The highest BCUT2D eigenvalue weighted by atomic mass is 16.8. The molecule has 0 unspecified atom stereocenters. The van der Waals surface area contributed by atoms with Crippen molar-refractivity contribution in [3.63, 3.8) is 0 Å². The largest absolute Gasteiger partial charge is 0.388 e. The Hall–Kier alpha value is -0.520. The summed E-state index contributed by atoms with van der Waals surface area (Å²) in [6, 6.07) is 0. The van der Waals surface area contributed by atoms with Gasteiger partial charge in [-0.2, -0.15) is 0 Å². The summed E-state index contributed by atoms with van der Waals surface area (Å²) < 4.78 is 26.9. The highest BCUT2D eigenvalue weighted by molar-refractivity contribution is 4.94. The summed E-state index contributed by atoms with van der Waals surface area (Å²) in [7, 11) is 0. The van der Waals surface area contributed by atoms with Crippen molar-refractivity contribution < 1.29 is 64.5 Å². The molecule has 0 amide bonds. The average Bonchev–Trinajstić information content (AvgIpc) is 2.70. The first-order chi connectivity index (χ1) is 14.0. The van der Waals surface area contributed by atoms with Crippen molar-refractivity contribution in [2.45, 2.75) is 99.9 Å².